The molecule has 1 aliphatic rings. The Kier molecular flexibility index (Phi) is 6.54. The van der Waals surface area contributed by atoms with Crippen LogP contribution in [0.25, 0.3) is 11.1 Å². The van der Waals surface area contributed by atoms with E-state index in [9.17, 15) is 0 Å². The van der Waals surface area contributed by atoms with Crippen LogP contribution in [0.4, 0.5) is 5.69 Å². The molecule has 0 aliphatic carbocycles. The maximum atomic E-state index is 2.63. The average Bonchev–Trinajstić information content (AvgIpc) is 2.81. The van der Waals surface area contributed by atoms with Gasteiger partial charge in [0.25, 0.3) is 0 Å². The molecule has 0 atom stereocenters. The molecule has 3 aromatic rings. The van der Waals surface area contributed by atoms with Crippen LogP contribution in [0, 0.1) is 0 Å². The summed E-state index contributed by atoms with van der Waals surface area (Å²) in [6, 6.07) is 30.6. The molecule has 1 heterocycles. The van der Waals surface area contributed by atoms with E-state index in [4.69, 9.17) is 0 Å². The van der Waals surface area contributed by atoms with Crippen LogP contribution in [0.1, 0.15) is 32.3 Å². The van der Waals surface area contributed by atoms with Crippen molar-refractivity contribution in [2.45, 2.75) is 32.1 Å². The van der Waals surface area contributed by atoms with Gasteiger partial charge in [0.2, 0.25) is 0 Å². The summed E-state index contributed by atoms with van der Waals surface area (Å²) in [5, 5.41) is 0. The van der Waals surface area contributed by atoms with Gasteiger partial charge in [-0.2, -0.15) is 0 Å². The van der Waals surface area contributed by atoms with Crippen molar-refractivity contribution in [3.63, 3.8) is 0 Å². The van der Waals surface area contributed by atoms with Crippen LogP contribution in [0.2, 0.25) is 0 Å². The van der Waals surface area contributed by atoms with Crippen LogP contribution in [0.3, 0.4) is 0 Å². The number of rotatable bonds is 7. The predicted octanol–water partition coefficient (Wildman–Crippen LogP) is 6.23. The molecule has 30 heavy (non-hydrogen) atoms. The lowest BCUT2D eigenvalue weighted by molar-refractivity contribution is 0.245. The molecular weight excluding hydrogens is 364 g/mol. The van der Waals surface area contributed by atoms with Crippen LogP contribution in [0.15, 0.2) is 84.9 Å². The third-order valence-corrected chi connectivity index (χ3v) is 6.54. The van der Waals surface area contributed by atoms with Gasteiger partial charge in [-0.3, -0.25) is 4.90 Å². The zero-order chi connectivity index (χ0) is 20.8. The van der Waals surface area contributed by atoms with Crippen molar-refractivity contribution >= 4 is 5.69 Å². The van der Waals surface area contributed by atoms with Crippen LogP contribution >= 0.6 is 0 Å². The predicted molar refractivity (Wildman–Crippen MR) is 129 cm³/mol. The molecule has 3 aromatic carbocycles. The van der Waals surface area contributed by atoms with Crippen LogP contribution in [-0.2, 0) is 5.41 Å². The van der Waals surface area contributed by atoms with Crippen molar-refractivity contribution in [1.82, 2.24) is 4.90 Å². The normalized spacial score (nSPS) is 15.3. The molecule has 0 saturated carbocycles. The quantitative estimate of drug-likeness (QED) is 0.465. The first-order valence-electron chi connectivity index (χ1n) is 11.3. The third-order valence-electron chi connectivity index (χ3n) is 6.54. The second kappa shape index (κ2) is 9.49. The van der Waals surface area contributed by atoms with Gasteiger partial charge in [0.1, 0.15) is 0 Å². The van der Waals surface area contributed by atoms with Gasteiger partial charge >= 0.3 is 0 Å². The van der Waals surface area contributed by atoms with E-state index >= 15 is 0 Å². The third kappa shape index (κ3) is 5.12. The fourth-order valence-corrected chi connectivity index (χ4v) is 4.50. The van der Waals surface area contributed by atoms with Crippen molar-refractivity contribution in [2.75, 3.05) is 37.6 Å². The number of hydrogen-bond acceptors (Lipinski definition) is 2. The zero-order valence-corrected chi connectivity index (χ0v) is 18.4. The molecule has 0 unspecified atom stereocenters. The summed E-state index contributed by atoms with van der Waals surface area (Å²) in [6.45, 7) is 10.5. The van der Waals surface area contributed by atoms with Gasteiger partial charge in [-0.25, -0.2) is 0 Å². The first-order valence-corrected chi connectivity index (χ1v) is 11.3. The van der Waals surface area contributed by atoms with Gasteiger partial charge in [-0.1, -0.05) is 86.6 Å². The van der Waals surface area contributed by atoms with Crippen LogP contribution in [-0.4, -0.2) is 37.6 Å². The second-order valence-electron chi connectivity index (χ2n) is 9.10. The number of nitrogens with zero attached hydrogens (tertiary/aromatic N) is 2. The second-order valence-corrected chi connectivity index (χ2v) is 9.10. The van der Waals surface area contributed by atoms with E-state index in [-0.39, 0.29) is 5.41 Å². The molecule has 1 saturated heterocycles. The highest BCUT2D eigenvalue weighted by Gasteiger charge is 2.21. The zero-order valence-electron chi connectivity index (χ0n) is 18.4. The Morgan fingerprint density at radius 1 is 0.667 bits per heavy atom. The van der Waals surface area contributed by atoms with E-state index < -0.39 is 0 Å². The molecule has 0 bridgehead atoms. The van der Waals surface area contributed by atoms with Crippen LogP contribution < -0.4 is 4.90 Å². The minimum atomic E-state index is 0.254. The molecule has 0 radical (unpaired) electrons. The van der Waals surface area contributed by atoms with Crippen molar-refractivity contribution in [1.29, 1.82) is 0 Å². The summed E-state index contributed by atoms with van der Waals surface area (Å²) in [7, 11) is 0. The van der Waals surface area contributed by atoms with Gasteiger partial charge in [-0.15, -0.1) is 0 Å². The van der Waals surface area contributed by atoms with E-state index in [1.165, 1.54) is 41.8 Å². The smallest absolute Gasteiger partial charge is 0.0367 e. The fourth-order valence-electron chi connectivity index (χ4n) is 4.50. The summed E-state index contributed by atoms with van der Waals surface area (Å²) in [4.78, 5) is 5.16. The van der Waals surface area contributed by atoms with E-state index in [1.54, 1.807) is 0 Å². The van der Waals surface area contributed by atoms with E-state index in [1.807, 2.05) is 0 Å². The van der Waals surface area contributed by atoms with Gasteiger partial charge < -0.3 is 4.90 Å². The standard InChI is InChI=1S/C28H34N2/c1-28(2,26-12-7-4-8-13-26)18-9-19-29-20-22-30(23-21-29)27-16-14-25(15-17-27)24-10-5-3-6-11-24/h3-8,10-17H,9,18-23H2,1-2H3. The Labute approximate surface area is 182 Å². The van der Waals surface area contributed by atoms with Gasteiger partial charge in [-0.05, 0) is 53.6 Å². The van der Waals surface area contributed by atoms with E-state index in [0.717, 1.165) is 26.2 Å². The molecule has 2 nitrogen and oxygen atoms in total. The van der Waals surface area contributed by atoms with Gasteiger partial charge in [0.15, 0.2) is 0 Å². The maximum absolute atomic E-state index is 2.63. The topological polar surface area (TPSA) is 6.48 Å². The lowest BCUT2D eigenvalue weighted by Crippen LogP contribution is -2.46. The molecule has 0 N–H and O–H groups in total. The molecule has 0 amide bonds. The van der Waals surface area contributed by atoms with E-state index in [0.29, 0.717) is 0 Å². The van der Waals surface area contributed by atoms with Crippen molar-refractivity contribution in [2.24, 2.45) is 0 Å². The number of benzene rings is 3. The summed E-state index contributed by atoms with van der Waals surface area (Å²) in [5.41, 5.74) is 5.63. The Balaban J connectivity index is 1.24. The Bertz CT molecular complexity index is 892. The maximum Gasteiger partial charge on any atom is 0.0367 e. The SMILES string of the molecule is CC(C)(CCCN1CCN(c2ccc(-c3ccccc3)cc2)CC1)c1ccccc1. The van der Waals surface area contributed by atoms with Crippen molar-refractivity contribution < 1.29 is 0 Å². The first kappa shape index (κ1) is 20.7. The largest absolute Gasteiger partial charge is 0.369 e. The molecule has 156 valence electrons. The lowest BCUT2D eigenvalue weighted by atomic mass is 9.80. The molecular formula is C28H34N2. The molecule has 2 heteroatoms. The molecule has 1 aliphatic heterocycles. The summed E-state index contributed by atoms with van der Waals surface area (Å²) < 4.78 is 0. The van der Waals surface area contributed by atoms with Crippen LogP contribution in [0.5, 0.6) is 0 Å². The Morgan fingerprint density at radius 2 is 1.23 bits per heavy atom. The number of piperazine rings is 1. The van der Waals surface area contributed by atoms with Gasteiger partial charge in [0, 0.05) is 31.9 Å². The van der Waals surface area contributed by atoms with Crippen molar-refractivity contribution in [3.05, 3.63) is 90.5 Å². The Morgan fingerprint density at radius 3 is 1.87 bits per heavy atom. The molecule has 0 spiro atoms. The molecule has 1 fully saturated rings. The number of anilines is 1. The summed E-state index contributed by atoms with van der Waals surface area (Å²) >= 11 is 0. The summed E-state index contributed by atoms with van der Waals surface area (Å²) in [6.07, 6.45) is 2.49. The fraction of sp³-hybridized carbons (Fsp3) is 0.357. The number of hydrogen-bond donors (Lipinski definition) is 0. The monoisotopic (exact) mass is 398 g/mol. The van der Waals surface area contributed by atoms with Gasteiger partial charge in [0.05, 0.1) is 0 Å². The average molecular weight is 399 g/mol. The molecule has 0 aromatic heterocycles. The Hall–Kier alpha value is -2.58. The highest BCUT2D eigenvalue weighted by molar-refractivity contribution is 5.66. The lowest BCUT2D eigenvalue weighted by Gasteiger charge is -2.36. The highest BCUT2D eigenvalue weighted by atomic mass is 15.3. The minimum absolute atomic E-state index is 0.254. The minimum Gasteiger partial charge on any atom is -0.369 e. The highest BCUT2D eigenvalue weighted by Crippen LogP contribution is 2.28. The van der Waals surface area contributed by atoms with Crippen molar-refractivity contribution in [3.8, 4) is 11.1 Å². The summed E-state index contributed by atoms with van der Waals surface area (Å²) in [5.74, 6) is 0. The van der Waals surface area contributed by atoms with E-state index in [2.05, 4.69) is 109 Å². The first-order chi connectivity index (χ1) is 14.6. The molecule has 4 rings (SSSR count).